The molecule has 2 aliphatic heterocycles. The molecule has 0 aliphatic carbocycles. The normalized spacial score (nSPS) is 19.1. The van der Waals surface area contributed by atoms with Gasteiger partial charge >= 0.3 is 0 Å². The number of anilines is 2. The van der Waals surface area contributed by atoms with E-state index < -0.39 is 15.7 Å². The Morgan fingerprint density at radius 2 is 1.63 bits per heavy atom. The van der Waals surface area contributed by atoms with Crippen LogP contribution in [0, 0.1) is 11.7 Å². The number of carbonyl (C=O) groups excluding carboxylic acids is 2. The molecule has 0 saturated carbocycles. The Morgan fingerprint density at radius 3 is 2.23 bits per heavy atom. The number of piperidine rings is 1. The molecule has 0 N–H and O–H groups in total. The Morgan fingerprint density at radius 1 is 0.943 bits per heavy atom. The number of ketones is 1. The molecular formula is C26H32FN3O4S. The number of piperazine rings is 1. The van der Waals surface area contributed by atoms with Gasteiger partial charge in [0.2, 0.25) is 0 Å². The van der Waals surface area contributed by atoms with Crippen molar-refractivity contribution in [2.45, 2.75) is 31.6 Å². The van der Waals surface area contributed by atoms with Gasteiger partial charge in [0.15, 0.2) is 15.6 Å². The highest BCUT2D eigenvalue weighted by Gasteiger charge is 2.29. The molecule has 0 spiro atoms. The van der Waals surface area contributed by atoms with Gasteiger partial charge in [0.1, 0.15) is 5.82 Å². The topological polar surface area (TPSA) is 78.0 Å². The van der Waals surface area contributed by atoms with Crippen LogP contribution >= 0.6 is 0 Å². The van der Waals surface area contributed by atoms with Crippen LogP contribution in [0.15, 0.2) is 41.3 Å². The fraction of sp³-hybridized carbons (Fsp3) is 0.462. The summed E-state index contributed by atoms with van der Waals surface area (Å²) in [6.45, 7) is 6.86. The van der Waals surface area contributed by atoms with Crippen LogP contribution in [0.25, 0.3) is 0 Å². The molecule has 2 fully saturated rings. The zero-order valence-corrected chi connectivity index (χ0v) is 21.3. The second-order valence-corrected chi connectivity index (χ2v) is 11.7. The van der Waals surface area contributed by atoms with Crippen molar-refractivity contribution < 1.29 is 22.4 Å². The van der Waals surface area contributed by atoms with Gasteiger partial charge in [-0.3, -0.25) is 9.59 Å². The average molecular weight is 502 g/mol. The maximum Gasteiger partial charge on any atom is 0.256 e. The first-order valence-electron chi connectivity index (χ1n) is 12.0. The molecule has 188 valence electrons. The van der Waals surface area contributed by atoms with Crippen LogP contribution in [0.3, 0.4) is 0 Å². The molecule has 0 radical (unpaired) electrons. The van der Waals surface area contributed by atoms with E-state index in [0.29, 0.717) is 48.9 Å². The molecule has 2 aromatic rings. The second kappa shape index (κ2) is 9.97. The van der Waals surface area contributed by atoms with Gasteiger partial charge in [0, 0.05) is 56.8 Å². The van der Waals surface area contributed by atoms with E-state index in [9.17, 15) is 22.4 Å². The minimum Gasteiger partial charge on any atom is -0.371 e. The van der Waals surface area contributed by atoms with Crippen LogP contribution in [-0.4, -0.2) is 70.5 Å². The van der Waals surface area contributed by atoms with E-state index in [1.165, 1.54) is 19.1 Å². The second-order valence-electron chi connectivity index (χ2n) is 9.65. The first-order chi connectivity index (χ1) is 16.5. The van der Waals surface area contributed by atoms with Crippen molar-refractivity contribution in [3.8, 4) is 0 Å². The Balaban J connectivity index is 1.56. The summed E-state index contributed by atoms with van der Waals surface area (Å²) >= 11 is 0. The molecule has 4 rings (SSSR count). The van der Waals surface area contributed by atoms with Gasteiger partial charge in [0.05, 0.1) is 16.1 Å². The van der Waals surface area contributed by atoms with Crippen LogP contribution in [0.4, 0.5) is 15.8 Å². The van der Waals surface area contributed by atoms with Crippen LogP contribution in [-0.2, 0) is 9.84 Å². The van der Waals surface area contributed by atoms with Gasteiger partial charge in [-0.1, -0.05) is 6.92 Å². The highest BCUT2D eigenvalue weighted by Crippen LogP contribution is 2.30. The van der Waals surface area contributed by atoms with Crippen LogP contribution in [0.1, 0.15) is 47.4 Å². The van der Waals surface area contributed by atoms with E-state index in [1.54, 1.807) is 29.2 Å². The van der Waals surface area contributed by atoms with Crippen molar-refractivity contribution in [2.75, 3.05) is 55.3 Å². The van der Waals surface area contributed by atoms with Crippen molar-refractivity contribution in [3.63, 3.8) is 0 Å². The fourth-order valence-electron chi connectivity index (χ4n) is 4.90. The van der Waals surface area contributed by atoms with E-state index >= 15 is 0 Å². The first-order valence-corrected chi connectivity index (χ1v) is 13.9. The maximum atomic E-state index is 14.6. The molecule has 2 heterocycles. The Labute approximate surface area is 206 Å². The lowest BCUT2D eigenvalue weighted by molar-refractivity contribution is 0.0746. The third-order valence-corrected chi connectivity index (χ3v) is 8.00. The summed E-state index contributed by atoms with van der Waals surface area (Å²) in [7, 11) is -3.47. The molecule has 2 aromatic carbocycles. The van der Waals surface area contributed by atoms with Gasteiger partial charge in [-0.15, -0.1) is 0 Å². The SMILES string of the molecule is CC(=O)c1ccc(N2CCN(C(=O)c3cc(S(C)(=O)=O)ccc3N3CCCC(C)C3)CC2)c(F)c1. The number of Topliss-reactive ketones (excluding diaryl/α,β-unsaturated/α-hetero) is 1. The molecule has 2 aliphatic rings. The number of hydrogen-bond acceptors (Lipinski definition) is 6. The number of nitrogens with zero attached hydrogens (tertiary/aromatic N) is 3. The van der Waals surface area contributed by atoms with E-state index in [4.69, 9.17) is 0 Å². The predicted octanol–water partition coefficient (Wildman–Crippen LogP) is 3.63. The van der Waals surface area contributed by atoms with Crippen LogP contribution in [0.5, 0.6) is 0 Å². The van der Waals surface area contributed by atoms with Gasteiger partial charge in [-0.05, 0) is 62.1 Å². The van der Waals surface area contributed by atoms with Crippen LogP contribution < -0.4 is 9.80 Å². The lowest BCUT2D eigenvalue weighted by Crippen LogP contribution is -2.49. The Bertz CT molecular complexity index is 1240. The number of sulfone groups is 1. The van der Waals surface area contributed by atoms with Crippen molar-refractivity contribution in [1.82, 2.24) is 4.90 Å². The molecule has 0 bridgehead atoms. The first kappa shape index (κ1) is 25.2. The molecule has 1 amide bonds. The zero-order chi connectivity index (χ0) is 25.3. The van der Waals surface area contributed by atoms with Crippen molar-refractivity contribution >= 4 is 32.9 Å². The number of hydrogen-bond donors (Lipinski definition) is 0. The van der Waals surface area contributed by atoms with Crippen molar-refractivity contribution in [2.24, 2.45) is 5.92 Å². The summed E-state index contributed by atoms with van der Waals surface area (Å²) in [5, 5.41) is 0. The van der Waals surface area contributed by atoms with E-state index in [0.717, 1.165) is 37.9 Å². The lowest BCUT2D eigenvalue weighted by Gasteiger charge is -2.38. The molecule has 9 heteroatoms. The summed E-state index contributed by atoms with van der Waals surface area (Å²) < 4.78 is 39.1. The van der Waals surface area contributed by atoms with Gasteiger partial charge in [-0.25, -0.2) is 12.8 Å². The number of amides is 1. The fourth-order valence-corrected chi connectivity index (χ4v) is 5.55. The van der Waals surface area contributed by atoms with E-state index in [2.05, 4.69) is 11.8 Å². The summed E-state index contributed by atoms with van der Waals surface area (Å²) in [6.07, 6.45) is 3.30. The van der Waals surface area contributed by atoms with E-state index in [-0.39, 0.29) is 16.6 Å². The smallest absolute Gasteiger partial charge is 0.256 e. The molecule has 0 aromatic heterocycles. The highest BCUT2D eigenvalue weighted by molar-refractivity contribution is 7.90. The zero-order valence-electron chi connectivity index (χ0n) is 20.5. The van der Waals surface area contributed by atoms with Gasteiger partial charge < -0.3 is 14.7 Å². The Kier molecular flexibility index (Phi) is 7.17. The number of rotatable bonds is 5. The summed E-state index contributed by atoms with van der Waals surface area (Å²) in [5.41, 5.74) is 1.89. The van der Waals surface area contributed by atoms with Crippen molar-refractivity contribution in [1.29, 1.82) is 0 Å². The summed E-state index contributed by atoms with van der Waals surface area (Å²) in [6, 6.07) is 9.29. The maximum absolute atomic E-state index is 14.6. The molecule has 35 heavy (non-hydrogen) atoms. The largest absolute Gasteiger partial charge is 0.371 e. The predicted molar refractivity (Wildman–Crippen MR) is 135 cm³/mol. The third-order valence-electron chi connectivity index (χ3n) is 6.89. The standard InChI is InChI=1S/C26H32FN3O4S/c1-18-5-4-10-30(17-18)24-9-7-21(35(3,33)34)16-22(24)26(32)29-13-11-28(12-14-29)25-8-6-20(19(2)31)15-23(25)27/h6-9,15-16,18H,4-5,10-14,17H2,1-3H3. The highest BCUT2D eigenvalue weighted by atomic mass is 32.2. The lowest BCUT2D eigenvalue weighted by atomic mass is 9.98. The Hall–Kier alpha value is -2.94. The monoisotopic (exact) mass is 501 g/mol. The van der Waals surface area contributed by atoms with Gasteiger partial charge in [0.25, 0.3) is 5.91 Å². The summed E-state index contributed by atoms with van der Waals surface area (Å²) in [5.74, 6) is -0.370. The van der Waals surface area contributed by atoms with E-state index in [1.807, 2.05) is 4.90 Å². The molecule has 7 nitrogen and oxygen atoms in total. The minimum atomic E-state index is -3.47. The molecule has 1 unspecified atom stereocenters. The van der Waals surface area contributed by atoms with Crippen molar-refractivity contribution in [3.05, 3.63) is 53.3 Å². The summed E-state index contributed by atoms with van der Waals surface area (Å²) in [4.78, 5) is 31.0. The molecule has 1 atom stereocenters. The average Bonchev–Trinajstić information content (AvgIpc) is 2.82. The minimum absolute atomic E-state index is 0.126. The molecule has 2 saturated heterocycles. The number of benzene rings is 2. The van der Waals surface area contributed by atoms with Crippen LogP contribution in [0.2, 0.25) is 0 Å². The quantitative estimate of drug-likeness (QED) is 0.583. The number of halogens is 1. The van der Waals surface area contributed by atoms with Gasteiger partial charge in [-0.2, -0.15) is 0 Å². The molecular weight excluding hydrogens is 469 g/mol. The number of carbonyl (C=O) groups is 2. The third kappa shape index (κ3) is 5.50.